The maximum Gasteiger partial charge on any atom is 0.246 e. The van der Waals surface area contributed by atoms with E-state index in [1.165, 1.54) is 24.6 Å². The van der Waals surface area contributed by atoms with Gasteiger partial charge in [-0.1, -0.05) is 18.5 Å². The fourth-order valence-electron chi connectivity index (χ4n) is 1.79. The van der Waals surface area contributed by atoms with Crippen LogP contribution in [0.25, 0.3) is 0 Å². The second-order valence-corrected chi connectivity index (χ2v) is 6.53. The van der Waals surface area contributed by atoms with Crippen LogP contribution in [0.1, 0.15) is 13.3 Å². The highest BCUT2D eigenvalue weighted by molar-refractivity contribution is 7.89. The van der Waals surface area contributed by atoms with Crippen LogP contribution < -0.4 is 4.74 Å². The second-order valence-electron chi connectivity index (χ2n) is 4.19. The van der Waals surface area contributed by atoms with E-state index >= 15 is 0 Å². The van der Waals surface area contributed by atoms with Gasteiger partial charge in [0.1, 0.15) is 10.6 Å². The smallest absolute Gasteiger partial charge is 0.246 e. The largest absolute Gasteiger partial charge is 0.495 e. The summed E-state index contributed by atoms with van der Waals surface area (Å²) in [5.74, 6) is 0.285. The topological polar surface area (TPSA) is 55.8 Å². The number of benzene rings is 1. The molecule has 5 nitrogen and oxygen atoms in total. The van der Waals surface area contributed by atoms with Crippen LogP contribution in [0.15, 0.2) is 23.1 Å². The number of hydrogen-bond acceptors (Lipinski definition) is 4. The van der Waals surface area contributed by atoms with Crippen LogP contribution in [0.5, 0.6) is 5.75 Å². The minimum Gasteiger partial charge on any atom is -0.495 e. The van der Waals surface area contributed by atoms with E-state index in [0.717, 1.165) is 0 Å². The summed E-state index contributed by atoms with van der Waals surface area (Å²) in [5.41, 5.74) is 0. The third kappa shape index (κ3) is 4.09. The van der Waals surface area contributed by atoms with Crippen LogP contribution in [0.4, 0.5) is 0 Å². The highest BCUT2D eigenvalue weighted by Gasteiger charge is 2.27. The van der Waals surface area contributed by atoms with Crippen molar-refractivity contribution in [1.82, 2.24) is 4.31 Å². The van der Waals surface area contributed by atoms with Crippen LogP contribution in [0.3, 0.4) is 0 Å². The Morgan fingerprint density at radius 2 is 1.95 bits per heavy atom. The number of methoxy groups -OCH3 is 2. The molecule has 0 saturated heterocycles. The van der Waals surface area contributed by atoms with Crippen LogP contribution in [0, 0.1) is 0 Å². The molecule has 0 aliphatic rings. The molecule has 0 aromatic heterocycles. The van der Waals surface area contributed by atoms with Gasteiger partial charge in [0.25, 0.3) is 0 Å². The summed E-state index contributed by atoms with van der Waals surface area (Å²) < 4.78 is 36.9. The van der Waals surface area contributed by atoms with Gasteiger partial charge in [0.15, 0.2) is 0 Å². The molecule has 0 bridgehead atoms. The van der Waals surface area contributed by atoms with Gasteiger partial charge in [-0.05, 0) is 24.6 Å². The molecule has 0 saturated carbocycles. The lowest BCUT2D eigenvalue weighted by Gasteiger charge is -2.22. The maximum absolute atomic E-state index is 12.7. The van der Waals surface area contributed by atoms with Gasteiger partial charge in [-0.25, -0.2) is 8.42 Å². The molecule has 114 valence electrons. The van der Waals surface area contributed by atoms with Gasteiger partial charge in [0.2, 0.25) is 10.0 Å². The molecule has 20 heavy (non-hydrogen) atoms. The molecule has 0 heterocycles. The molecule has 0 fully saturated rings. The molecule has 0 aliphatic heterocycles. The number of nitrogens with zero attached hydrogens (tertiary/aromatic N) is 1. The second kappa shape index (κ2) is 7.83. The van der Waals surface area contributed by atoms with E-state index in [2.05, 4.69) is 0 Å². The van der Waals surface area contributed by atoms with Crippen molar-refractivity contribution in [2.24, 2.45) is 0 Å². The molecule has 1 rings (SSSR count). The highest BCUT2D eigenvalue weighted by atomic mass is 35.5. The Hall–Kier alpha value is -0.820. The third-order valence-electron chi connectivity index (χ3n) is 2.76. The van der Waals surface area contributed by atoms with Crippen LogP contribution >= 0.6 is 11.6 Å². The molecule has 0 aliphatic carbocycles. The number of halogens is 1. The zero-order chi connectivity index (χ0) is 15.2. The summed E-state index contributed by atoms with van der Waals surface area (Å²) in [6.07, 6.45) is 0.714. The van der Waals surface area contributed by atoms with E-state index in [4.69, 9.17) is 21.1 Å². The number of ether oxygens (including phenoxy) is 2. The number of rotatable bonds is 8. The standard InChI is InChI=1S/C13H20ClNO4S/c1-4-7-15(8-9-18-2)20(16,17)13-10-11(14)5-6-12(13)19-3/h5-6,10H,4,7-9H2,1-3H3. The van der Waals surface area contributed by atoms with Gasteiger partial charge < -0.3 is 9.47 Å². The van der Waals surface area contributed by atoms with Crippen LogP contribution in [-0.2, 0) is 14.8 Å². The van der Waals surface area contributed by atoms with Crippen LogP contribution in [-0.4, -0.2) is 46.6 Å². The average molecular weight is 322 g/mol. The number of sulfonamides is 1. The SMILES string of the molecule is CCCN(CCOC)S(=O)(=O)c1cc(Cl)ccc1OC. The first-order chi connectivity index (χ1) is 9.47. The Bertz CT molecular complexity index is 533. The lowest BCUT2D eigenvalue weighted by Crippen LogP contribution is -2.34. The molecular formula is C13H20ClNO4S. The first-order valence-electron chi connectivity index (χ1n) is 6.30. The van der Waals surface area contributed by atoms with E-state index in [1.54, 1.807) is 12.1 Å². The third-order valence-corrected chi connectivity index (χ3v) is 4.92. The van der Waals surface area contributed by atoms with Gasteiger partial charge in [-0.3, -0.25) is 0 Å². The molecule has 0 radical (unpaired) electrons. The summed E-state index contributed by atoms with van der Waals surface area (Å²) in [6, 6.07) is 4.56. The van der Waals surface area contributed by atoms with Crippen molar-refractivity contribution >= 4 is 21.6 Å². The Morgan fingerprint density at radius 3 is 2.50 bits per heavy atom. The lowest BCUT2D eigenvalue weighted by atomic mass is 10.3. The van der Waals surface area contributed by atoms with Crippen molar-refractivity contribution < 1.29 is 17.9 Å². The Labute approximate surface area is 125 Å². The summed E-state index contributed by atoms with van der Waals surface area (Å²) in [6.45, 7) is 2.97. The van der Waals surface area contributed by atoms with Crippen LogP contribution in [0.2, 0.25) is 5.02 Å². The monoisotopic (exact) mass is 321 g/mol. The summed E-state index contributed by atoms with van der Waals surface area (Å²) >= 11 is 5.90. The minimum absolute atomic E-state index is 0.0806. The van der Waals surface area contributed by atoms with Crippen molar-refractivity contribution in [3.8, 4) is 5.75 Å². The molecule has 1 aromatic rings. The van der Waals surface area contributed by atoms with E-state index < -0.39 is 10.0 Å². The highest BCUT2D eigenvalue weighted by Crippen LogP contribution is 2.29. The van der Waals surface area contributed by atoms with E-state index in [0.29, 0.717) is 31.1 Å². The zero-order valence-corrected chi connectivity index (χ0v) is 13.5. The predicted molar refractivity (Wildman–Crippen MR) is 78.9 cm³/mol. The van der Waals surface area contributed by atoms with Crippen molar-refractivity contribution in [1.29, 1.82) is 0 Å². The average Bonchev–Trinajstić information content (AvgIpc) is 2.43. The predicted octanol–water partition coefficient (Wildman–Crippen LogP) is 2.40. The van der Waals surface area contributed by atoms with Crippen molar-refractivity contribution in [2.75, 3.05) is 33.9 Å². The van der Waals surface area contributed by atoms with E-state index in [1.807, 2.05) is 6.92 Å². The van der Waals surface area contributed by atoms with Crippen molar-refractivity contribution in [3.63, 3.8) is 0 Å². The Kier molecular flexibility index (Phi) is 6.75. The van der Waals surface area contributed by atoms with Gasteiger partial charge >= 0.3 is 0 Å². The number of hydrogen-bond donors (Lipinski definition) is 0. The molecule has 0 unspecified atom stereocenters. The molecule has 0 spiro atoms. The van der Waals surface area contributed by atoms with Gasteiger partial charge in [0, 0.05) is 25.2 Å². The molecule has 1 aromatic carbocycles. The van der Waals surface area contributed by atoms with Gasteiger partial charge in [0.05, 0.1) is 13.7 Å². The van der Waals surface area contributed by atoms with E-state index in [-0.39, 0.29) is 10.6 Å². The minimum atomic E-state index is -3.66. The lowest BCUT2D eigenvalue weighted by molar-refractivity contribution is 0.179. The summed E-state index contributed by atoms with van der Waals surface area (Å²) in [4.78, 5) is 0.0806. The van der Waals surface area contributed by atoms with Crippen molar-refractivity contribution in [3.05, 3.63) is 23.2 Å². The fourth-order valence-corrected chi connectivity index (χ4v) is 3.72. The molecular weight excluding hydrogens is 302 g/mol. The Morgan fingerprint density at radius 1 is 1.25 bits per heavy atom. The molecule has 7 heteroatoms. The molecule has 0 amide bonds. The normalized spacial score (nSPS) is 11.8. The first-order valence-corrected chi connectivity index (χ1v) is 8.11. The molecule has 0 atom stereocenters. The fraction of sp³-hybridized carbons (Fsp3) is 0.538. The van der Waals surface area contributed by atoms with Gasteiger partial charge in [-0.2, -0.15) is 4.31 Å². The quantitative estimate of drug-likeness (QED) is 0.737. The van der Waals surface area contributed by atoms with Gasteiger partial charge in [-0.15, -0.1) is 0 Å². The molecule has 0 N–H and O–H groups in total. The van der Waals surface area contributed by atoms with Crippen molar-refractivity contribution in [2.45, 2.75) is 18.2 Å². The van der Waals surface area contributed by atoms with E-state index in [9.17, 15) is 8.42 Å². The summed E-state index contributed by atoms with van der Waals surface area (Å²) in [5, 5.41) is 0.354. The maximum atomic E-state index is 12.7. The summed E-state index contributed by atoms with van der Waals surface area (Å²) in [7, 11) is -0.686. The first kappa shape index (κ1) is 17.2. The Balaban J connectivity index is 3.21. The zero-order valence-electron chi connectivity index (χ0n) is 11.9.